The number of epoxide rings is 1. The minimum atomic E-state index is -0.716. The summed E-state index contributed by atoms with van der Waals surface area (Å²) in [7, 11) is 0. The number of unbranched alkanes of at least 4 members (excludes halogenated alkanes) is 4. The van der Waals surface area contributed by atoms with Gasteiger partial charge in [0.1, 0.15) is 0 Å². The Labute approximate surface area is 141 Å². The quantitative estimate of drug-likeness (QED) is 0.264. The molecule has 1 N–H and O–H groups in total. The van der Waals surface area contributed by atoms with Gasteiger partial charge in [-0.2, -0.15) is 0 Å². The SMILES string of the molecule is CCCCC/C=C/C/C=C/C[C@@H]1O[C@H]1C/C=C/CCCC(=O)O. The molecule has 3 heteroatoms. The molecule has 0 radical (unpaired) electrons. The van der Waals surface area contributed by atoms with Gasteiger partial charge in [-0.05, 0) is 44.9 Å². The fourth-order valence-electron chi connectivity index (χ4n) is 2.44. The van der Waals surface area contributed by atoms with E-state index in [9.17, 15) is 4.79 Å². The van der Waals surface area contributed by atoms with Crippen LogP contribution in [0.5, 0.6) is 0 Å². The van der Waals surface area contributed by atoms with Crippen molar-refractivity contribution in [3.8, 4) is 0 Å². The van der Waals surface area contributed by atoms with Crippen LogP contribution in [0.2, 0.25) is 0 Å². The van der Waals surface area contributed by atoms with E-state index in [4.69, 9.17) is 9.84 Å². The summed E-state index contributed by atoms with van der Waals surface area (Å²) in [5.74, 6) is -0.716. The molecule has 23 heavy (non-hydrogen) atoms. The molecule has 1 rings (SSSR count). The lowest BCUT2D eigenvalue weighted by molar-refractivity contribution is -0.137. The Bertz CT molecular complexity index is 396. The van der Waals surface area contributed by atoms with E-state index in [2.05, 4.69) is 43.4 Å². The maximum atomic E-state index is 10.4. The number of hydrogen-bond acceptors (Lipinski definition) is 2. The van der Waals surface area contributed by atoms with Crippen molar-refractivity contribution in [2.24, 2.45) is 0 Å². The molecule has 0 bridgehead atoms. The minimum Gasteiger partial charge on any atom is -0.481 e. The second-order valence-electron chi connectivity index (χ2n) is 6.12. The molecule has 0 aliphatic carbocycles. The summed E-state index contributed by atoms with van der Waals surface area (Å²) in [4.78, 5) is 10.4. The van der Waals surface area contributed by atoms with Crippen molar-refractivity contribution < 1.29 is 14.6 Å². The number of carboxylic acids is 1. The molecule has 3 nitrogen and oxygen atoms in total. The first-order chi connectivity index (χ1) is 11.2. The van der Waals surface area contributed by atoms with Crippen LogP contribution in [0.1, 0.15) is 71.1 Å². The number of ether oxygens (including phenoxy) is 1. The van der Waals surface area contributed by atoms with Crippen molar-refractivity contribution in [2.75, 3.05) is 0 Å². The van der Waals surface area contributed by atoms with Crippen molar-refractivity contribution in [1.29, 1.82) is 0 Å². The summed E-state index contributed by atoms with van der Waals surface area (Å²) in [6, 6.07) is 0. The van der Waals surface area contributed by atoms with Crippen LogP contribution in [-0.4, -0.2) is 23.3 Å². The highest BCUT2D eigenvalue weighted by atomic mass is 16.6. The van der Waals surface area contributed by atoms with E-state index < -0.39 is 5.97 Å². The highest BCUT2D eigenvalue weighted by molar-refractivity contribution is 5.66. The van der Waals surface area contributed by atoms with E-state index in [0.717, 1.165) is 32.1 Å². The first-order valence-corrected chi connectivity index (χ1v) is 9.06. The fourth-order valence-corrected chi connectivity index (χ4v) is 2.44. The highest BCUT2D eigenvalue weighted by Crippen LogP contribution is 2.29. The average molecular weight is 320 g/mol. The molecule has 0 saturated carbocycles. The fraction of sp³-hybridized carbons (Fsp3) is 0.650. The molecule has 1 saturated heterocycles. The molecule has 1 aliphatic rings. The first kappa shape index (κ1) is 19.7. The third-order valence-electron chi connectivity index (χ3n) is 3.93. The lowest BCUT2D eigenvalue weighted by Crippen LogP contribution is -1.93. The molecule has 0 unspecified atom stereocenters. The molecule has 2 atom stereocenters. The molecular formula is C20H32O3. The third kappa shape index (κ3) is 11.8. The van der Waals surface area contributed by atoms with Crippen LogP contribution in [-0.2, 0) is 9.53 Å². The predicted octanol–water partition coefficient (Wildman–Crippen LogP) is 5.43. The van der Waals surface area contributed by atoms with Gasteiger partial charge in [0.2, 0.25) is 0 Å². The third-order valence-corrected chi connectivity index (χ3v) is 3.93. The number of aliphatic carboxylic acids is 1. The zero-order valence-corrected chi connectivity index (χ0v) is 14.5. The maximum absolute atomic E-state index is 10.4. The van der Waals surface area contributed by atoms with Gasteiger partial charge in [0.25, 0.3) is 0 Å². The topological polar surface area (TPSA) is 49.8 Å². The van der Waals surface area contributed by atoms with Crippen molar-refractivity contribution in [3.63, 3.8) is 0 Å². The van der Waals surface area contributed by atoms with Crippen LogP contribution >= 0.6 is 0 Å². The molecule has 0 amide bonds. The number of carbonyl (C=O) groups is 1. The Morgan fingerprint density at radius 2 is 1.52 bits per heavy atom. The number of hydrogen-bond donors (Lipinski definition) is 1. The maximum Gasteiger partial charge on any atom is 0.303 e. The van der Waals surface area contributed by atoms with Gasteiger partial charge in [0.15, 0.2) is 0 Å². The normalized spacial score (nSPS) is 20.9. The van der Waals surface area contributed by atoms with Crippen molar-refractivity contribution >= 4 is 5.97 Å². The Balaban J connectivity index is 1.93. The monoisotopic (exact) mass is 320 g/mol. The van der Waals surface area contributed by atoms with Gasteiger partial charge in [-0.3, -0.25) is 4.79 Å². The van der Waals surface area contributed by atoms with E-state index in [-0.39, 0.29) is 6.42 Å². The molecule has 0 aromatic heterocycles. The Kier molecular flexibility index (Phi) is 11.2. The van der Waals surface area contributed by atoms with E-state index >= 15 is 0 Å². The zero-order valence-electron chi connectivity index (χ0n) is 14.5. The van der Waals surface area contributed by atoms with Crippen molar-refractivity contribution in [2.45, 2.75) is 83.3 Å². The molecule has 1 aliphatic heterocycles. The summed E-state index contributed by atoms with van der Waals surface area (Å²) in [5, 5.41) is 8.53. The molecule has 0 aromatic rings. The van der Waals surface area contributed by atoms with Gasteiger partial charge in [0.05, 0.1) is 12.2 Å². The van der Waals surface area contributed by atoms with Crippen LogP contribution < -0.4 is 0 Å². The second kappa shape index (κ2) is 13.1. The second-order valence-corrected chi connectivity index (χ2v) is 6.12. The van der Waals surface area contributed by atoms with Crippen LogP contribution in [0.25, 0.3) is 0 Å². The summed E-state index contributed by atoms with van der Waals surface area (Å²) in [5.41, 5.74) is 0. The van der Waals surface area contributed by atoms with E-state index in [1.807, 2.05) is 0 Å². The largest absolute Gasteiger partial charge is 0.481 e. The van der Waals surface area contributed by atoms with Gasteiger partial charge in [-0.1, -0.05) is 56.2 Å². The van der Waals surface area contributed by atoms with Gasteiger partial charge in [-0.15, -0.1) is 0 Å². The molecule has 1 heterocycles. The first-order valence-electron chi connectivity index (χ1n) is 9.06. The lowest BCUT2D eigenvalue weighted by Gasteiger charge is -1.91. The molecule has 0 spiro atoms. The predicted molar refractivity (Wildman–Crippen MR) is 95.6 cm³/mol. The standard InChI is InChI=1S/C20H32O3/c1-2-3-4-5-6-7-8-9-12-15-18-19(23-18)16-13-10-11-14-17-20(21)22/h6-7,9-10,12-13,18-19H,2-5,8,11,14-17H2,1H3,(H,21,22)/b7-6+,12-9+,13-10+/t18-,19-/m0/s1. The van der Waals surface area contributed by atoms with Crippen LogP contribution in [0.4, 0.5) is 0 Å². The van der Waals surface area contributed by atoms with Gasteiger partial charge >= 0.3 is 5.97 Å². The minimum absolute atomic E-state index is 0.255. The van der Waals surface area contributed by atoms with Crippen molar-refractivity contribution in [3.05, 3.63) is 36.5 Å². The van der Waals surface area contributed by atoms with E-state index in [1.54, 1.807) is 0 Å². The smallest absolute Gasteiger partial charge is 0.303 e. The van der Waals surface area contributed by atoms with E-state index in [0.29, 0.717) is 12.2 Å². The molecular weight excluding hydrogens is 288 g/mol. The van der Waals surface area contributed by atoms with Gasteiger partial charge in [-0.25, -0.2) is 0 Å². The molecule has 0 aromatic carbocycles. The van der Waals surface area contributed by atoms with Crippen LogP contribution in [0.3, 0.4) is 0 Å². The molecule has 130 valence electrons. The van der Waals surface area contributed by atoms with Crippen molar-refractivity contribution in [1.82, 2.24) is 0 Å². The van der Waals surface area contributed by atoms with Gasteiger partial charge < -0.3 is 9.84 Å². The summed E-state index contributed by atoms with van der Waals surface area (Å²) in [6.45, 7) is 2.23. The summed E-state index contributed by atoms with van der Waals surface area (Å²) < 4.78 is 5.62. The zero-order chi connectivity index (χ0) is 16.8. The Morgan fingerprint density at radius 3 is 2.22 bits per heavy atom. The van der Waals surface area contributed by atoms with Crippen LogP contribution in [0.15, 0.2) is 36.5 Å². The van der Waals surface area contributed by atoms with Crippen LogP contribution in [0, 0.1) is 0 Å². The summed E-state index contributed by atoms with van der Waals surface area (Å²) >= 11 is 0. The average Bonchev–Trinajstić information content (AvgIpc) is 3.27. The number of allylic oxidation sites excluding steroid dienone is 4. The van der Waals surface area contributed by atoms with E-state index in [1.165, 1.54) is 25.7 Å². The Morgan fingerprint density at radius 1 is 0.913 bits per heavy atom. The number of rotatable bonds is 14. The number of carboxylic acid groups (broad SMARTS) is 1. The highest BCUT2D eigenvalue weighted by Gasteiger charge is 2.35. The summed E-state index contributed by atoms with van der Waals surface area (Å²) in [6.07, 6.45) is 23.8. The van der Waals surface area contributed by atoms with Gasteiger partial charge in [0, 0.05) is 6.42 Å². The molecule has 1 fully saturated rings. The Hall–Kier alpha value is -1.35. The lowest BCUT2D eigenvalue weighted by atomic mass is 10.1.